The molecule has 4 amide bonds. The van der Waals surface area contributed by atoms with Crippen molar-refractivity contribution >= 4 is 47.5 Å². The van der Waals surface area contributed by atoms with E-state index in [0.717, 1.165) is 38.5 Å². The molecule has 10 atom stereocenters. The largest absolute Gasteiger partial charge is 0.481 e. The van der Waals surface area contributed by atoms with E-state index in [-0.39, 0.29) is 42.0 Å². The first kappa shape index (κ1) is 47.9. The zero-order valence-electron chi connectivity index (χ0n) is 35.5. The summed E-state index contributed by atoms with van der Waals surface area (Å²) in [4.78, 5) is 99.4. The molecule has 4 rings (SSSR count). The smallest absolute Gasteiger partial charge is 0.307 e. The molecule has 0 heterocycles. The van der Waals surface area contributed by atoms with Crippen LogP contribution in [0.3, 0.4) is 0 Å². The Bertz CT molecular complexity index is 1670. The van der Waals surface area contributed by atoms with E-state index in [1.807, 2.05) is 38.2 Å². The standard InChI is InChI=1S/C44H66N4O12/c1-43(2,17-9-6-8-12-20-46-37(51)33-25-13-15-27(21-25)35(33)41(57)58)47-32(50)24-30(40(55)56)29(39(53)54)23-31(49)45-19-11-7-5-10-18-44(3,4)48-38(52)34-26-14-16-28(22-26)36(34)42(59)60/h13-16,25-30,33-36H,5-12,17-24H2,1-4H3,(H,45,49)(H,46,51)(H,47,50)(H,48,52)(H,53,54)(H,55,56)(H,57,58)(H,59,60). The highest BCUT2D eigenvalue weighted by Crippen LogP contribution is 2.49. The lowest BCUT2D eigenvalue weighted by atomic mass is 9.81. The van der Waals surface area contributed by atoms with Crippen LogP contribution in [0.1, 0.15) is 118 Å². The van der Waals surface area contributed by atoms with E-state index in [1.165, 1.54) is 0 Å². The third-order valence-corrected chi connectivity index (χ3v) is 13.0. The van der Waals surface area contributed by atoms with Crippen molar-refractivity contribution in [2.45, 2.75) is 129 Å². The molecular weight excluding hydrogens is 776 g/mol. The summed E-state index contributed by atoms with van der Waals surface area (Å²) in [7, 11) is 0. The van der Waals surface area contributed by atoms with Crippen molar-refractivity contribution < 1.29 is 58.8 Å². The van der Waals surface area contributed by atoms with Crippen LogP contribution in [-0.2, 0) is 38.4 Å². The minimum Gasteiger partial charge on any atom is -0.481 e. The molecule has 0 saturated heterocycles. The van der Waals surface area contributed by atoms with E-state index >= 15 is 0 Å². The number of carboxylic acid groups (broad SMARTS) is 4. The number of nitrogens with one attached hydrogen (secondary N) is 4. The molecule has 4 bridgehead atoms. The number of fused-ring (bicyclic) bond motifs is 4. The average Bonchev–Trinajstić information content (AvgIpc) is 3.97. The number of aliphatic carboxylic acids is 4. The van der Waals surface area contributed by atoms with E-state index in [2.05, 4.69) is 21.3 Å². The fourth-order valence-corrected chi connectivity index (χ4v) is 9.93. The van der Waals surface area contributed by atoms with Gasteiger partial charge in [0.05, 0.1) is 35.5 Å². The second-order valence-corrected chi connectivity index (χ2v) is 18.7. The van der Waals surface area contributed by atoms with E-state index in [0.29, 0.717) is 45.1 Å². The summed E-state index contributed by atoms with van der Waals surface area (Å²) in [6, 6.07) is 0. The van der Waals surface area contributed by atoms with Crippen LogP contribution in [0.2, 0.25) is 0 Å². The molecule has 0 aromatic carbocycles. The van der Waals surface area contributed by atoms with Crippen molar-refractivity contribution in [1.29, 1.82) is 0 Å². The molecule has 0 aromatic heterocycles. The van der Waals surface area contributed by atoms with Crippen LogP contribution in [-0.4, -0.2) is 92.1 Å². The van der Waals surface area contributed by atoms with Crippen LogP contribution in [0.5, 0.6) is 0 Å². The quantitative estimate of drug-likeness (QED) is 0.0429. The van der Waals surface area contributed by atoms with Crippen LogP contribution < -0.4 is 21.3 Å². The van der Waals surface area contributed by atoms with Gasteiger partial charge in [-0.15, -0.1) is 0 Å². The fourth-order valence-electron chi connectivity index (χ4n) is 9.93. The highest BCUT2D eigenvalue weighted by Gasteiger charge is 2.53. The van der Waals surface area contributed by atoms with Crippen molar-refractivity contribution in [3.63, 3.8) is 0 Å². The van der Waals surface area contributed by atoms with Gasteiger partial charge >= 0.3 is 23.9 Å². The number of hydrogen-bond acceptors (Lipinski definition) is 8. The maximum Gasteiger partial charge on any atom is 0.307 e. The Morgan fingerprint density at radius 2 is 0.883 bits per heavy atom. The van der Waals surface area contributed by atoms with Gasteiger partial charge in [-0.25, -0.2) is 0 Å². The van der Waals surface area contributed by atoms with Gasteiger partial charge in [-0.05, 0) is 89.9 Å². The topological polar surface area (TPSA) is 266 Å². The lowest BCUT2D eigenvalue weighted by molar-refractivity contribution is -0.156. The van der Waals surface area contributed by atoms with Crippen molar-refractivity contribution in [2.24, 2.45) is 59.2 Å². The van der Waals surface area contributed by atoms with Gasteiger partial charge in [0.2, 0.25) is 23.6 Å². The zero-order valence-corrected chi connectivity index (χ0v) is 35.5. The number of allylic oxidation sites excluding steroid dienone is 4. The van der Waals surface area contributed by atoms with Gasteiger partial charge in [-0.2, -0.15) is 0 Å². The van der Waals surface area contributed by atoms with E-state index in [9.17, 15) is 58.8 Å². The molecule has 60 heavy (non-hydrogen) atoms. The van der Waals surface area contributed by atoms with Crippen molar-refractivity contribution in [3.05, 3.63) is 24.3 Å². The lowest BCUT2D eigenvalue weighted by Crippen LogP contribution is -2.49. The van der Waals surface area contributed by atoms with Crippen LogP contribution in [0, 0.1) is 59.2 Å². The summed E-state index contributed by atoms with van der Waals surface area (Å²) in [5.74, 6) is -12.6. The average molecular weight is 843 g/mol. The van der Waals surface area contributed by atoms with Crippen LogP contribution >= 0.6 is 0 Å². The molecule has 0 aromatic rings. The summed E-state index contributed by atoms with van der Waals surface area (Å²) < 4.78 is 0. The number of carbonyl (C=O) groups is 8. The van der Waals surface area contributed by atoms with Crippen LogP contribution in [0.15, 0.2) is 24.3 Å². The van der Waals surface area contributed by atoms with Gasteiger partial charge < -0.3 is 41.7 Å². The van der Waals surface area contributed by atoms with Crippen molar-refractivity contribution in [2.75, 3.05) is 13.1 Å². The van der Waals surface area contributed by atoms with Crippen LogP contribution in [0.25, 0.3) is 0 Å². The number of carboxylic acids is 4. The minimum absolute atomic E-state index is 0.0319. The monoisotopic (exact) mass is 842 g/mol. The van der Waals surface area contributed by atoms with Gasteiger partial charge in [0.1, 0.15) is 0 Å². The molecule has 16 nitrogen and oxygen atoms in total. The Kier molecular flexibility index (Phi) is 16.9. The van der Waals surface area contributed by atoms with Crippen LogP contribution in [0.4, 0.5) is 0 Å². The summed E-state index contributed by atoms with van der Waals surface area (Å²) in [5.41, 5.74) is -1.25. The molecule has 10 unspecified atom stereocenters. The van der Waals surface area contributed by atoms with Gasteiger partial charge in [0.15, 0.2) is 0 Å². The van der Waals surface area contributed by atoms with Gasteiger partial charge in [0.25, 0.3) is 0 Å². The molecule has 0 aliphatic heterocycles. The molecule has 4 aliphatic carbocycles. The first-order valence-corrected chi connectivity index (χ1v) is 21.7. The molecule has 0 radical (unpaired) electrons. The molecule has 4 aliphatic rings. The van der Waals surface area contributed by atoms with Gasteiger partial charge in [-0.3, -0.25) is 38.4 Å². The number of rotatable bonds is 27. The first-order valence-electron chi connectivity index (χ1n) is 21.7. The third kappa shape index (κ3) is 13.1. The number of carbonyl (C=O) groups excluding carboxylic acids is 4. The minimum atomic E-state index is -1.63. The predicted molar refractivity (Wildman–Crippen MR) is 219 cm³/mol. The second kappa shape index (κ2) is 21.2. The summed E-state index contributed by atoms with van der Waals surface area (Å²) in [5, 5.41) is 50.5. The first-order chi connectivity index (χ1) is 28.2. The maximum atomic E-state index is 13.1. The molecule has 8 N–H and O–H groups in total. The highest BCUT2D eigenvalue weighted by atomic mass is 16.4. The molecule has 0 spiro atoms. The van der Waals surface area contributed by atoms with Crippen molar-refractivity contribution in [1.82, 2.24) is 21.3 Å². The van der Waals surface area contributed by atoms with E-state index in [1.54, 1.807) is 13.8 Å². The predicted octanol–water partition coefficient (Wildman–Crippen LogP) is 4.14. The highest BCUT2D eigenvalue weighted by molar-refractivity contribution is 5.90. The van der Waals surface area contributed by atoms with E-state index in [4.69, 9.17) is 0 Å². The Hall–Kier alpha value is -4.76. The summed E-state index contributed by atoms with van der Waals surface area (Å²) in [6.07, 6.45) is 15.1. The molecule has 2 saturated carbocycles. The fraction of sp³-hybridized carbons (Fsp3) is 0.727. The molecule has 2 fully saturated rings. The number of unbranched alkanes of at least 4 members (excludes halogenated alkanes) is 6. The number of hydrogen-bond donors (Lipinski definition) is 8. The summed E-state index contributed by atoms with van der Waals surface area (Å²) >= 11 is 0. The lowest BCUT2D eigenvalue weighted by Gasteiger charge is -2.31. The zero-order chi connectivity index (χ0) is 44.4. The maximum absolute atomic E-state index is 13.1. The Balaban J connectivity index is 1.08. The van der Waals surface area contributed by atoms with Gasteiger partial charge in [0, 0.05) is 37.0 Å². The second-order valence-electron chi connectivity index (χ2n) is 18.7. The van der Waals surface area contributed by atoms with E-state index < -0.39 is 95.1 Å². The molecule has 16 heteroatoms. The Morgan fingerprint density at radius 1 is 0.500 bits per heavy atom. The summed E-state index contributed by atoms with van der Waals surface area (Å²) in [6.45, 7) is 8.10. The molecular formula is C44H66N4O12. The third-order valence-electron chi connectivity index (χ3n) is 13.0. The Morgan fingerprint density at radius 3 is 1.33 bits per heavy atom. The Labute approximate surface area is 352 Å². The molecule has 334 valence electrons. The van der Waals surface area contributed by atoms with Gasteiger partial charge in [-0.1, -0.05) is 62.8 Å². The normalized spacial score (nSPS) is 26.0. The van der Waals surface area contributed by atoms with Crippen molar-refractivity contribution in [3.8, 4) is 0 Å². The SMILES string of the molecule is CC(C)(CCCCCCNC(=O)C1C2C=CC(C2)C1C(=O)O)NC(=O)CC(C(=O)O)C(CC(=O)NCCCCCCC(C)(C)NC(=O)C1C2C=CC(C2)C1C(=O)O)C(=O)O. The number of amides is 4.